The van der Waals surface area contributed by atoms with Crippen LogP contribution >= 0.6 is 0 Å². The molecule has 5 nitrogen and oxygen atoms in total. The smallest absolute Gasteiger partial charge is 0.267 e. The summed E-state index contributed by atoms with van der Waals surface area (Å²) in [5, 5.41) is 3.67. The highest BCUT2D eigenvalue weighted by molar-refractivity contribution is 7.92. The third kappa shape index (κ3) is 2.49. The van der Waals surface area contributed by atoms with Crippen LogP contribution in [0.15, 0.2) is 27.6 Å². The van der Waals surface area contributed by atoms with Gasteiger partial charge < -0.3 is 4.52 Å². The van der Waals surface area contributed by atoms with Crippen molar-refractivity contribution in [3.05, 3.63) is 40.8 Å². The second-order valence-electron chi connectivity index (χ2n) is 4.51. The van der Waals surface area contributed by atoms with Crippen LogP contribution in [0.3, 0.4) is 0 Å². The number of rotatable bonds is 3. The van der Waals surface area contributed by atoms with Gasteiger partial charge in [0.15, 0.2) is 10.7 Å². The number of benzene rings is 1. The molecule has 0 spiro atoms. The Kier molecular flexibility index (Phi) is 3.36. The van der Waals surface area contributed by atoms with E-state index >= 15 is 0 Å². The summed E-state index contributed by atoms with van der Waals surface area (Å²) in [6, 6.07) is 5.48. The zero-order valence-corrected chi connectivity index (χ0v) is 12.1. The topological polar surface area (TPSA) is 72.2 Å². The van der Waals surface area contributed by atoms with E-state index in [2.05, 4.69) is 9.88 Å². The number of sulfonamides is 1. The summed E-state index contributed by atoms with van der Waals surface area (Å²) in [6.07, 6.45) is 0. The van der Waals surface area contributed by atoms with Crippen molar-refractivity contribution in [3.8, 4) is 0 Å². The fraction of sp³-hybridized carbons (Fsp3) is 0.308. The lowest BCUT2D eigenvalue weighted by Gasteiger charge is -2.11. The minimum absolute atomic E-state index is 0.105. The number of hydrogen-bond acceptors (Lipinski definition) is 4. The van der Waals surface area contributed by atoms with Crippen molar-refractivity contribution in [2.24, 2.45) is 0 Å². The molecule has 6 heteroatoms. The fourth-order valence-corrected chi connectivity index (χ4v) is 3.37. The molecule has 19 heavy (non-hydrogen) atoms. The number of nitrogens with zero attached hydrogens (tertiary/aromatic N) is 1. The molecule has 0 bridgehead atoms. The number of aromatic nitrogens is 1. The predicted octanol–water partition coefficient (Wildman–Crippen LogP) is 2.71. The van der Waals surface area contributed by atoms with E-state index in [9.17, 15) is 8.42 Å². The van der Waals surface area contributed by atoms with Gasteiger partial charge in [-0.3, -0.25) is 4.72 Å². The van der Waals surface area contributed by atoms with E-state index in [0.29, 0.717) is 11.4 Å². The molecule has 0 saturated carbocycles. The third-order valence-electron chi connectivity index (χ3n) is 3.09. The van der Waals surface area contributed by atoms with Gasteiger partial charge in [0, 0.05) is 0 Å². The molecule has 0 atom stereocenters. The van der Waals surface area contributed by atoms with Crippen molar-refractivity contribution in [2.45, 2.75) is 32.6 Å². The Balaban J connectivity index is 2.46. The van der Waals surface area contributed by atoms with E-state index in [1.54, 1.807) is 19.9 Å². The maximum absolute atomic E-state index is 12.4. The first kappa shape index (κ1) is 13.6. The highest BCUT2D eigenvalue weighted by Gasteiger charge is 2.24. The quantitative estimate of drug-likeness (QED) is 0.938. The van der Waals surface area contributed by atoms with Gasteiger partial charge in [-0.1, -0.05) is 17.3 Å². The molecule has 1 heterocycles. The lowest BCUT2D eigenvalue weighted by Crippen LogP contribution is -2.15. The van der Waals surface area contributed by atoms with Crippen LogP contribution in [-0.4, -0.2) is 13.6 Å². The van der Waals surface area contributed by atoms with Gasteiger partial charge >= 0.3 is 0 Å². The van der Waals surface area contributed by atoms with Gasteiger partial charge in [0.1, 0.15) is 5.69 Å². The molecule has 1 aromatic heterocycles. The SMILES string of the molecule is Cc1cccc(NS(=O)(=O)c2c(C)noc2C)c1C. The summed E-state index contributed by atoms with van der Waals surface area (Å²) in [4.78, 5) is 0.105. The molecule has 0 aliphatic heterocycles. The van der Waals surface area contributed by atoms with Crippen LogP contribution in [0.1, 0.15) is 22.6 Å². The minimum atomic E-state index is -3.68. The van der Waals surface area contributed by atoms with Gasteiger partial charge in [0.25, 0.3) is 10.0 Å². The first-order chi connectivity index (χ1) is 8.83. The average Bonchev–Trinajstić information content (AvgIpc) is 2.65. The zero-order valence-electron chi connectivity index (χ0n) is 11.3. The van der Waals surface area contributed by atoms with Crippen LogP contribution in [0.2, 0.25) is 0 Å². The number of aryl methyl sites for hydroxylation is 3. The summed E-state index contributed by atoms with van der Waals surface area (Å²) in [7, 11) is -3.68. The van der Waals surface area contributed by atoms with Gasteiger partial charge in [-0.25, -0.2) is 8.42 Å². The minimum Gasteiger partial charge on any atom is -0.360 e. The Morgan fingerprint density at radius 3 is 2.42 bits per heavy atom. The Hall–Kier alpha value is -1.82. The van der Waals surface area contributed by atoms with Crippen molar-refractivity contribution in [1.29, 1.82) is 0 Å². The van der Waals surface area contributed by atoms with Gasteiger partial charge in [0.2, 0.25) is 0 Å². The van der Waals surface area contributed by atoms with Crippen LogP contribution in [0.4, 0.5) is 5.69 Å². The molecule has 1 aromatic carbocycles. The van der Waals surface area contributed by atoms with Gasteiger partial charge in [-0.05, 0) is 44.9 Å². The van der Waals surface area contributed by atoms with Crippen LogP contribution in [0.5, 0.6) is 0 Å². The second kappa shape index (κ2) is 4.70. The molecule has 0 radical (unpaired) electrons. The van der Waals surface area contributed by atoms with Gasteiger partial charge in [-0.2, -0.15) is 0 Å². The number of hydrogen-bond donors (Lipinski definition) is 1. The lowest BCUT2D eigenvalue weighted by molar-refractivity contribution is 0.390. The molecule has 1 N–H and O–H groups in total. The highest BCUT2D eigenvalue weighted by Crippen LogP contribution is 2.25. The monoisotopic (exact) mass is 280 g/mol. The lowest BCUT2D eigenvalue weighted by atomic mass is 10.1. The van der Waals surface area contributed by atoms with E-state index in [-0.39, 0.29) is 10.7 Å². The van der Waals surface area contributed by atoms with E-state index in [1.807, 2.05) is 26.0 Å². The predicted molar refractivity (Wildman–Crippen MR) is 72.7 cm³/mol. The molecule has 2 aromatic rings. The summed E-state index contributed by atoms with van der Waals surface area (Å²) >= 11 is 0. The van der Waals surface area contributed by atoms with E-state index < -0.39 is 10.0 Å². The maximum Gasteiger partial charge on any atom is 0.267 e. The molecule has 0 amide bonds. The molecule has 2 rings (SSSR count). The summed E-state index contributed by atoms with van der Waals surface area (Å²) in [5.74, 6) is 0.287. The second-order valence-corrected chi connectivity index (χ2v) is 6.13. The molecule has 0 saturated heterocycles. The Bertz CT molecular complexity index is 698. The van der Waals surface area contributed by atoms with Crippen molar-refractivity contribution in [3.63, 3.8) is 0 Å². The van der Waals surface area contributed by atoms with Crippen LogP contribution in [-0.2, 0) is 10.0 Å². The Labute approximate surface area is 112 Å². The van der Waals surface area contributed by atoms with Crippen LogP contribution in [0, 0.1) is 27.7 Å². The molecular weight excluding hydrogens is 264 g/mol. The molecule has 0 aliphatic carbocycles. The van der Waals surface area contributed by atoms with E-state index in [1.165, 1.54) is 0 Å². The first-order valence-corrected chi connectivity index (χ1v) is 7.33. The maximum atomic E-state index is 12.4. The van der Waals surface area contributed by atoms with E-state index in [0.717, 1.165) is 11.1 Å². The van der Waals surface area contributed by atoms with Crippen molar-refractivity contribution in [2.75, 3.05) is 4.72 Å². The molecule has 0 fully saturated rings. The Morgan fingerprint density at radius 1 is 1.16 bits per heavy atom. The third-order valence-corrected chi connectivity index (χ3v) is 4.69. The van der Waals surface area contributed by atoms with Crippen molar-refractivity contribution in [1.82, 2.24) is 5.16 Å². The molecule has 102 valence electrons. The number of nitrogens with one attached hydrogen (secondary N) is 1. The standard InChI is InChI=1S/C13H16N2O3S/c1-8-6-5-7-12(9(8)2)15-19(16,17)13-10(3)14-18-11(13)4/h5-7,15H,1-4H3. The Morgan fingerprint density at radius 2 is 1.84 bits per heavy atom. The average molecular weight is 280 g/mol. The van der Waals surface area contributed by atoms with Crippen LogP contribution in [0.25, 0.3) is 0 Å². The normalized spacial score (nSPS) is 11.6. The van der Waals surface area contributed by atoms with E-state index in [4.69, 9.17) is 4.52 Å². The molecule has 0 aliphatic rings. The number of anilines is 1. The largest absolute Gasteiger partial charge is 0.360 e. The summed E-state index contributed by atoms with van der Waals surface area (Å²) in [5.41, 5.74) is 2.85. The summed E-state index contributed by atoms with van der Waals surface area (Å²) in [6.45, 7) is 7.00. The van der Waals surface area contributed by atoms with Crippen LogP contribution < -0.4 is 4.72 Å². The van der Waals surface area contributed by atoms with Gasteiger partial charge in [-0.15, -0.1) is 0 Å². The first-order valence-electron chi connectivity index (χ1n) is 5.85. The highest BCUT2D eigenvalue weighted by atomic mass is 32.2. The fourth-order valence-electron chi connectivity index (χ4n) is 1.92. The summed E-state index contributed by atoms with van der Waals surface area (Å²) < 4.78 is 32.2. The van der Waals surface area contributed by atoms with Gasteiger partial charge in [0.05, 0.1) is 5.69 Å². The molecule has 0 unspecified atom stereocenters. The van der Waals surface area contributed by atoms with Crippen molar-refractivity contribution < 1.29 is 12.9 Å². The molecular formula is C13H16N2O3S. The van der Waals surface area contributed by atoms with Crippen molar-refractivity contribution >= 4 is 15.7 Å². The zero-order chi connectivity index (χ0) is 14.2.